The summed E-state index contributed by atoms with van der Waals surface area (Å²) in [5.41, 5.74) is 1.80. The summed E-state index contributed by atoms with van der Waals surface area (Å²) in [5, 5.41) is 4.05. The maximum atomic E-state index is 10.9. The van der Waals surface area contributed by atoms with Crippen LogP contribution in [0.5, 0.6) is 0 Å². The SMILES string of the molecule is Cn1nccc1-c1cccc(S(=O)O)c1. The van der Waals surface area contributed by atoms with E-state index in [1.54, 1.807) is 29.1 Å². The predicted octanol–water partition coefficient (Wildman–Crippen LogP) is 1.67. The molecule has 0 spiro atoms. The maximum Gasteiger partial charge on any atom is 0.186 e. The molecule has 0 aliphatic carbocycles. The Balaban J connectivity index is 2.50. The first kappa shape index (κ1) is 10.1. The van der Waals surface area contributed by atoms with E-state index in [-0.39, 0.29) is 0 Å². The van der Waals surface area contributed by atoms with Crippen molar-refractivity contribution in [3.05, 3.63) is 36.5 Å². The minimum atomic E-state index is -1.94. The molecule has 1 N–H and O–H groups in total. The fraction of sp³-hybridized carbons (Fsp3) is 0.100. The number of aryl methyl sites for hydroxylation is 1. The molecule has 1 aromatic heterocycles. The second-order valence-electron chi connectivity index (χ2n) is 3.12. The highest BCUT2D eigenvalue weighted by Gasteiger charge is 2.05. The summed E-state index contributed by atoms with van der Waals surface area (Å²) in [6, 6.07) is 8.81. The number of aromatic nitrogens is 2. The fourth-order valence-corrected chi connectivity index (χ4v) is 1.84. The van der Waals surface area contributed by atoms with E-state index in [1.165, 1.54) is 0 Å². The highest BCUT2D eigenvalue weighted by Crippen LogP contribution is 2.20. The minimum absolute atomic E-state index is 0.397. The molecule has 0 amide bonds. The fourth-order valence-electron chi connectivity index (χ4n) is 1.42. The molecule has 0 radical (unpaired) electrons. The molecular weight excluding hydrogens is 212 g/mol. The van der Waals surface area contributed by atoms with Gasteiger partial charge in [0.1, 0.15) is 0 Å². The average Bonchev–Trinajstić information content (AvgIpc) is 2.64. The van der Waals surface area contributed by atoms with E-state index in [1.807, 2.05) is 19.2 Å². The van der Waals surface area contributed by atoms with Gasteiger partial charge >= 0.3 is 0 Å². The molecule has 1 atom stereocenters. The van der Waals surface area contributed by atoms with Crippen molar-refractivity contribution in [2.45, 2.75) is 4.90 Å². The molecule has 4 nitrogen and oxygen atoms in total. The van der Waals surface area contributed by atoms with Gasteiger partial charge in [0, 0.05) is 18.8 Å². The monoisotopic (exact) mass is 222 g/mol. The van der Waals surface area contributed by atoms with E-state index in [2.05, 4.69) is 5.10 Å². The van der Waals surface area contributed by atoms with E-state index in [9.17, 15) is 4.21 Å². The van der Waals surface area contributed by atoms with Crippen LogP contribution in [0.4, 0.5) is 0 Å². The number of hydrogen-bond donors (Lipinski definition) is 1. The molecule has 1 heterocycles. The molecule has 2 aromatic rings. The van der Waals surface area contributed by atoms with Crippen LogP contribution in [-0.2, 0) is 18.1 Å². The van der Waals surface area contributed by atoms with E-state index < -0.39 is 11.1 Å². The van der Waals surface area contributed by atoms with Crippen LogP contribution >= 0.6 is 0 Å². The summed E-state index contributed by atoms with van der Waals surface area (Å²) < 4.78 is 21.6. The largest absolute Gasteiger partial charge is 0.302 e. The molecule has 1 aromatic carbocycles. The average molecular weight is 222 g/mol. The zero-order valence-electron chi connectivity index (χ0n) is 8.12. The van der Waals surface area contributed by atoms with Crippen molar-refractivity contribution in [1.29, 1.82) is 0 Å². The van der Waals surface area contributed by atoms with Gasteiger partial charge in [-0.25, -0.2) is 4.21 Å². The summed E-state index contributed by atoms with van der Waals surface area (Å²) in [6.45, 7) is 0. The topological polar surface area (TPSA) is 55.1 Å². The first-order chi connectivity index (χ1) is 7.18. The van der Waals surface area contributed by atoms with Crippen LogP contribution in [0.1, 0.15) is 0 Å². The van der Waals surface area contributed by atoms with Crippen molar-refractivity contribution in [1.82, 2.24) is 9.78 Å². The number of rotatable bonds is 2. The zero-order chi connectivity index (χ0) is 10.8. The maximum absolute atomic E-state index is 10.9. The third kappa shape index (κ3) is 1.98. The smallest absolute Gasteiger partial charge is 0.186 e. The summed E-state index contributed by atoms with van der Waals surface area (Å²) in [7, 11) is 1.83. The first-order valence-electron chi connectivity index (χ1n) is 4.38. The number of benzene rings is 1. The van der Waals surface area contributed by atoms with Crippen molar-refractivity contribution >= 4 is 11.1 Å². The molecule has 2 rings (SSSR count). The van der Waals surface area contributed by atoms with Gasteiger partial charge in [-0.1, -0.05) is 12.1 Å². The van der Waals surface area contributed by atoms with Crippen LogP contribution in [0.3, 0.4) is 0 Å². The molecule has 0 bridgehead atoms. The van der Waals surface area contributed by atoms with Crippen molar-refractivity contribution in [3.63, 3.8) is 0 Å². The summed E-state index contributed by atoms with van der Waals surface area (Å²) in [6.07, 6.45) is 1.69. The van der Waals surface area contributed by atoms with Crippen LogP contribution in [0, 0.1) is 0 Å². The molecular formula is C10H10N2O2S. The van der Waals surface area contributed by atoms with Crippen molar-refractivity contribution in [2.24, 2.45) is 7.05 Å². The van der Waals surface area contributed by atoms with Crippen LogP contribution in [0.15, 0.2) is 41.4 Å². The van der Waals surface area contributed by atoms with Crippen LogP contribution in [0.25, 0.3) is 11.3 Å². The highest BCUT2D eigenvalue weighted by molar-refractivity contribution is 7.79. The van der Waals surface area contributed by atoms with Crippen molar-refractivity contribution in [2.75, 3.05) is 0 Å². The third-order valence-electron chi connectivity index (χ3n) is 2.15. The van der Waals surface area contributed by atoms with Gasteiger partial charge in [0.2, 0.25) is 0 Å². The molecule has 0 aliphatic heterocycles. The molecule has 0 aliphatic rings. The molecule has 1 unspecified atom stereocenters. The van der Waals surface area contributed by atoms with Gasteiger partial charge in [0.25, 0.3) is 0 Å². The van der Waals surface area contributed by atoms with E-state index in [0.717, 1.165) is 11.3 Å². The van der Waals surface area contributed by atoms with Gasteiger partial charge < -0.3 is 4.55 Å². The Kier molecular flexibility index (Phi) is 2.66. The lowest BCUT2D eigenvalue weighted by atomic mass is 10.1. The lowest BCUT2D eigenvalue weighted by molar-refractivity contribution is 0.564. The summed E-state index contributed by atoms with van der Waals surface area (Å²) >= 11 is -1.94. The van der Waals surface area contributed by atoms with Gasteiger partial charge in [-0.05, 0) is 18.2 Å². The Morgan fingerprint density at radius 2 is 2.20 bits per heavy atom. The second-order valence-corrected chi connectivity index (χ2v) is 4.09. The minimum Gasteiger partial charge on any atom is -0.302 e. The first-order valence-corrected chi connectivity index (χ1v) is 5.48. The Hall–Kier alpha value is -1.46. The Morgan fingerprint density at radius 1 is 1.40 bits per heavy atom. The molecule has 0 saturated carbocycles. The molecule has 0 saturated heterocycles. The number of hydrogen-bond acceptors (Lipinski definition) is 2. The van der Waals surface area contributed by atoms with E-state index >= 15 is 0 Å². The Labute approximate surface area is 89.8 Å². The van der Waals surface area contributed by atoms with Gasteiger partial charge in [-0.15, -0.1) is 0 Å². The van der Waals surface area contributed by atoms with Crippen molar-refractivity contribution < 1.29 is 8.76 Å². The van der Waals surface area contributed by atoms with Crippen LogP contribution < -0.4 is 0 Å². The zero-order valence-corrected chi connectivity index (χ0v) is 8.94. The predicted molar refractivity (Wildman–Crippen MR) is 57.7 cm³/mol. The summed E-state index contributed by atoms with van der Waals surface area (Å²) in [4.78, 5) is 0.397. The lowest BCUT2D eigenvalue weighted by Gasteiger charge is -2.03. The van der Waals surface area contributed by atoms with Crippen molar-refractivity contribution in [3.8, 4) is 11.3 Å². The normalized spacial score (nSPS) is 12.7. The molecule has 5 heteroatoms. The molecule has 15 heavy (non-hydrogen) atoms. The van der Waals surface area contributed by atoms with Gasteiger partial charge in [-0.3, -0.25) is 4.68 Å². The third-order valence-corrected chi connectivity index (χ3v) is 2.81. The van der Waals surface area contributed by atoms with E-state index in [0.29, 0.717) is 4.90 Å². The van der Waals surface area contributed by atoms with Crippen LogP contribution in [-0.4, -0.2) is 18.5 Å². The molecule has 78 valence electrons. The van der Waals surface area contributed by atoms with E-state index in [4.69, 9.17) is 4.55 Å². The van der Waals surface area contributed by atoms with Crippen LogP contribution in [0.2, 0.25) is 0 Å². The quantitative estimate of drug-likeness (QED) is 0.786. The highest BCUT2D eigenvalue weighted by atomic mass is 32.2. The molecule has 0 fully saturated rings. The number of nitrogens with zero attached hydrogens (tertiary/aromatic N) is 2. The standard InChI is InChI=1S/C10H10N2O2S/c1-12-10(5-6-11-12)8-3-2-4-9(7-8)15(13)14/h2-7H,1H3,(H,13,14). The second kappa shape index (κ2) is 3.96. The Morgan fingerprint density at radius 3 is 2.80 bits per heavy atom. The summed E-state index contributed by atoms with van der Waals surface area (Å²) in [5.74, 6) is 0. The van der Waals surface area contributed by atoms with Gasteiger partial charge in [0.15, 0.2) is 11.1 Å². The van der Waals surface area contributed by atoms with Gasteiger partial charge in [-0.2, -0.15) is 5.10 Å². The lowest BCUT2D eigenvalue weighted by Crippen LogP contribution is -1.94. The van der Waals surface area contributed by atoms with Gasteiger partial charge in [0.05, 0.1) is 10.6 Å². The Bertz CT molecular complexity index is 508.